The largest absolute Gasteiger partial charge is 0.391 e. The molecule has 0 aromatic carbocycles. The molecule has 1 N–H and O–H groups in total. The minimum atomic E-state index is -4.00. The third-order valence-corrected chi connectivity index (χ3v) is 4.60. The summed E-state index contributed by atoms with van der Waals surface area (Å²) in [7, 11) is 0. The van der Waals surface area contributed by atoms with Crippen molar-refractivity contribution in [3.63, 3.8) is 0 Å². The Bertz CT molecular complexity index is 272. The summed E-state index contributed by atoms with van der Waals surface area (Å²) in [5, 5.41) is 3.56. The topological polar surface area (TPSA) is 15.3 Å². The summed E-state index contributed by atoms with van der Waals surface area (Å²) in [6.07, 6.45) is 1.18. The lowest BCUT2D eigenvalue weighted by atomic mass is 9.94. The number of likely N-dealkylation sites (tertiary alicyclic amines) is 1. The number of halogens is 3. The van der Waals surface area contributed by atoms with Crippen molar-refractivity contribution in [1.29, 1.82) is 0 Å². The molecule has 1 saturated heterocycles. The molecule has 2 rings (SSSR count). The first kappa shape index (κ1) is 15.1. The molecule has 0 bridgehead atoms. The maximum atomic E-state index is 12.7. The van der Waals surface area contributed by atoms with Crippen molar-refractivity contribution in [2.24, 2.45) is 5.92 Å². The third-order valence-electron chi connectivity index (χ3n) is 4.60. The molecule has 0 aromatic heterocycles. The lowest BCUT2D eigenvalue weighted by Gasteiger charge is -2.39. The van der Waals surface area contributed by atoms with E-state index in [0.29, 0.717) is 25.2 Å². The van der Waals surface area contributed by atoms with Crippen LogP contribution in [0.5, 0.6) is 0 Å². The Morgan fingerprint density at radius 2 is 1.79 bits per heavy atom. The summed E-state index contributed by atoms with van der Waals surface area (Å²) in [6.45, 7) is 4.38. The molecule has 1 saturated carbocycles. The van der Waals surface area contributed by atoms with Gasteiger partial charge in [-0.15, -0.1) is 0 Å². The normalized spacial score (nSPS) is 30.9. The summed E-state index contributed by atoms with van der Waals surface area (Å²) >= 11 is 0. The molecule has 112 valence electrons. The quantitative estimate of drug-likeness (QED) is 0.849. The number of hydrogen-bond acceptors (Lipinski definition) is 2. The molecule has 2 aliphatic rings. The molecular weight excluding hydrogens is 253 g/mol. The number of piperidine rings is 1. The molecule has 2 unspecified atom stereocenters. The van der Waals surface area contributed by atoms with Gasteiger partial charge < -0.3 is 5.32 Å². The van der Waals surface area contributed by atoms with Gasteiger partial charge in [-0.1, -0.05) is 13.3 Å². The number of rotatable bonds is 4. The van der Waals surface area contributed by atoms with E-state index in [-0.39, 0.29) is 12.8 Å². The van der Waals surface area contributed by atoms with Gasteiger partial charge in [-0.05, 0) is 51.7 Å². The Kier molecular flexibility index (Phi) is 5.12. The zero-order chi connectivity index (χ0) is 13.9. The standard InChI is InChI=1S/C14H25F3N2/c1-2-8-18-12-4-3-5-13(12)19-9-6-11(7-10-19)14(15,16)17/h11-13,18H,2-10H2,1H3. The maximum absolute atomic E-state index is 12.7. The highest BCUT2D eigenvalue weighted by molar-refractivity contribution is 4.92. The molecule has 5 heteroatoms. The number of alkyl halides is 3. The first-order valence-corrected chi connectivity index (χ1v) is 7.56. The Hall–Kier alpha value is -0.290. The van der Waals surface area contributed by atoms with Crippen LogP contribution in [0.15, 0.2) is 0 Å². The molecule has 0 radical (unpaired) electrons. The van der Waals surface area contributed by atoms with Gasteiger partial charge in [0.1, 0.15) is 0 Å². The molecule has 1 aliphatic heterocycles. The van der Waals surface area contributed by atoms with E-state index in [0.717, 1.165) is 19.4 Å². The van der Waals surface area contributed by atoms with Crippen LogP contribution in [0.4, 0.5) is 13.2 Å². The van der Waals surface area contributed by atoms with E-state index in [1.54, 1.807) is 0 Å². The second-order valence-corrected chi connectivity index (χ2v) is 5.91. The van der Waals surface area contributed by atoms with Gasteiger partial charge in [0.2, 0.25) is 0 Å². The molecule has 0 amide bonds. The van der Waals surface area contributed by atoms with E-state index in [1.165, 1.54) is 12.8 Å². The van der Waals surface area contributed by atoms with Crippen LogP contribution in [0.3, 0.4) is 0 Å². The predicted molar refractivity (Wildman–Crippen MR) is 70.1 cm³/mol. The van der Waals surface area contributed by atoms with Crippen LogP contribution in [0.25, 0.3) is 0 Å². The summed E-state index contributed by atoms with van der Waals surface area (Å²) < 4.78 is 38.0. The van der Waals surface area contributed by atoms with Crippen LogP contribution in [-0.2, 0) is 0 Å². The maximum Gasteiger partial charge on any atom is 0.391 e. The summed E-state index contributed by atoms with van der Waals surface area (Å²) in [5.74, 6) is -1.08. The van der Waals surface area contributed by atoms with E-state index in [9.17, 15) is 13.2 Å². The van der Waals surface area contributed by atoms with Crippen molar-refractivity contribution in [2.45, 2.75) is 63.7 Å². The van der Waals surface area contributed by atoms with E-state index < -0.39 is 12.1 Å². The second kappa shape index (κ2) is 6.44. The zero-order valence-electron chi connectivity index (χ0n) is 11.7. The van der Waals surface area contributed by atoms with Crippen LogP contribution in [0, 0.1) is 5.92 Å². The highest BCUT2D eigenvalue weighted by Crippen LogP contribution is 2.36. The fraction of sp³-hybridized carbons (Fsp3) is 1.00. The number of nitrogens with one attached hydrogen (secondary N) is 1. The predicted octanol–water partition coefficient (Wildman–Crippen LogP) is 3.18. The molecule has 2 atom stereocenters. The van der Waals surface area contributed by atoms with Gasteiger partial charge in [0.05, 0.1) is 5.92 Å². The molecule has 19 heavy (non-hydrogen) atoms. The van der Waals surface area contributed by atoms with E-state index >= 15 is 0 Å². The van der Waals surface area contributed by atoms with Crippen molar-refractivity contribution in [3.8, 4) is 0 Å². The van der Waals surface area contributed by atoms with Gasteiger partial charge in [0.25, 0.3) is 0 Å². The number of nitrogens with zero attached hydrogens (tertiary/aromatic N) is 1. The van der Waals surface area contributed by atoms with Crippen molar-refractivity contribution >= 4 is 0 Å². The molecular formula is C14H25F3N2. The van der Waals surface area contributed by atoms with Gasteiger partial charge in [-0.25, -0.2) is 0 Å². The smallest absolute Gasteiger partial charge is 0.312 e. The van der Waals surface area contributed by atoms with Crippen LogP contribution in [0.1, 0.15) is 45.4 Å². The third kappa shape index (κ3) is 3.85. The number of hydrogen-bond donors (Lipinski definition) is 1. The summed E-state index contributed by atoms with van der Waals surface area (Å²) in [5.41, 5.74) is 0. The van der Waals surface area contributed by atoms with Crippen molar-refractivity contribution in [3.05, 3.63) is 0 Å². The van der Waals surface area contributed by atoms with Crippen LogP contribution < -0.4 is 5.32 Å². The monoisotopic (exact) mass is 278 g/mol. The van der Waals surface area contributed by atoms with Crippen LogP contribution in [0.2, 0.25) is 0 Å². The SMILES string of the molecule is CCCNC1CCCC1N1CCC(C(F)(F)F)CC1. The summed E-state index contributed by atoms with van der Waals surface area (Å²) in [6, 6.07) is 0.947. The van der Waals surface area contributed by atoms with Gasteiger partial charge in [0.15, 0.2) is 0 Å². The van der Waals surface area contributed by atoms with Crippen molar-refractivity contribution in [1.82, 2.24) is 10.2 Å². The van der Waals surface area contributed by atoms with Gasteiger partial charge in [0, 0.05) is 12.1 Å². The lowest BCUT2D eigenvalue weighted by molar-refractivity contribution is -0.186. The fourth-order valence-corrected chi connectivity index (χ4v) is 3.50. The molecule has 2 fully saturated rings. The second-order valence-electron chi connectivity index (χ2n) is 5.91. The Balaban J connectivity index is 1.83. The molecule has 1 heterocycles. The minimum Gasteiger partial charge on any atom is -0.312 e. The van der Waals surface area contributed by atoms with E-state index in [1.807, 2.05) is 0 Å². The first-order chi connectivity index (χ1) is 9.02. The van der Waals surface area contributed by atoms with Crippen LogP contribution in [-0.4, -0.2) is 42.8 Å². The lowest BCUT2D eigenvalue weighted by Crippen LogP contribution is -2.51. The van der Waals surface area contributed by atoms with Crippen LogP contribution >= 0.6 is 0 Å². The van der Waals surface area contributed by atoms with Crippen molar-refractivity contribution < 1.29 is 13.2 Å². The summed E-state index contributed by atoms with van der Waals surface area (Å²) in [4.78, 5) is 2.29. The zero-order valence-corrected chi connectivity index (χ0v) is 11.7. The fourth-order valence-electron chi connectivity index (χ4n) is 3.50. The van der Waals surface area contributed by atoms with E-state index in [4.69, 9.17) is 0 Å². The highest BCUT2D eigenvalue weighted by Gasteiger charge is 2.43. The van der Waals surface area contributed by atoms with Gasteiger partial charge in [-0.3, -0.25) is 4.90 Å². The Labute approximate surface area is 113 Å². The van der Waals surface area contributed by atoms with Gasteiger partial charge >= 0.3 is 6.18 Å². The average molecular weight is 278 g/mol. The average Bonchev–Trinajstić information content (AvgIpc) is 2.83. The first-order valence-electron chi connectivity index (χ1n) is 7.56. The highest BCUT2D eigenvalue weighted by atomic mass is 19.4. The molecule has 0 spiro atoms. The Morgan fingerprint density at radius 1 is 1.11 bits per heavy atom. The molecule has 2 nitrogen and oxygen atoms in total. The van der Waals surface area contributed by atoms with E-state index in [2.05, 4.69) is 17.1 Å². The van der Waals surface area contributed by atoms with Crippen molar-refractivity contribution in [2.75, 3.05) is 19.6 Å². The minimum absolute atomic E-state index is 0.278. The molecule has 1 aliphatic carbocycles. The molecule has 0 aromatic rings. The Morgan fingerprint density at radius 3 is 2.37 bits per heavy atom. The van der Waals surface area contributed by atoms with Gasteiger partial charge in [-0.2, -0.15) is 13.2 Å².